The summed E-state index contributed by atoms with van der Waals surface area (Å²) in [5.74, 6) is 0. The number of carbonyl (C=O) groups is 1. The molecule has 0 aliphatic carbocycles. The van der Waals surface area contributed by atoms with Crippen molar-refractivity contribution in [2.24, 2.45) is 0 Å². The van der Waals surface area contributed by atoms with Gasteiger partial charge >= 0.3 is 6.09 Å². The second kappa shape index (κ2) is 9.67. The minimum absolute atomic E-state index is 0.579. The van der Waals surface area contributed by atoms with Crippen molar-refractivity contribution in [3.63, 3.8) is 0 Å². The SMILES string of the molecule is CC(C)[Si](Sc1ccccc1CCCN(C)C(=O)O)(C(C)C)C(C)C. The molecule has 0 aliphatic heterocycles. The van der Waals surface area contributed by atoms with Gasteiger partial charge in [-0.1, -0.05) is 59.7 Å². The average Bonchev–Trinajstić information content (AvgIpc) is 2.52. The van der Waals surface area contributed by atoms with Crippen molar-refractivity contribution in [3.8, 4) is 0 Å². The first-order chi connectivity index (χ1) is 11.6. The number of nitrogens with zero attached hydrogens (tertiary/aromatic N) is 1. The lowest BCUT2D eigenvalue weighted by Gasteiger charge is -2.42. The van der Waals surface area contributed by atoms with Gasteiger partial charge in [-0.25, -0.2) is 4.79 Å². The highest BCUT2D eigenvalue weighted by Crippen LogP contribution is 2.52. The third-order valence-electron chi connectivity index (χ3n) is 5.23. The van der Waals surface area contributed by atoms with E-state index < -0.39 is 13.3 Å². The molecule has 0 bridgehead atoms. The molecular weight excluding hydrogens is 346 g/mol. The van der Waals surface area contributed by atoms with Crippen molar-refractivity contribution in [2.45, 2.75) is 75.9 Å². The topological polar surface area (TPSA) is 40.5 Å². The van der Waals surface area contributed by atoms with Crippen LogP contribution in [0, 0.1) is 0 Å². The third-order valence-corrected chi connectivity index (χ3v) is 17.6. The number of aryl methyl sites for hydroxylation is 1. The normalized spacial score (nSPS) is 12.2. The molecule has 0 unspecified atom stereocenters. The molecule has 0 fully saturated rings. The van der Waals surface area contributed by atoms with E-state index in [1.807, 2.05) is 0 Å². The van der Waals surface area contributed by atoms with E-state index in [0.717, 1.165) is 12.8 Å². The lowest BCUT2D eigenvalue weighted by atomic mass is 10.1. The van der Waals surface area contributed by atoms with Crippen LogP contribution >= 0.6 is 11.2 Å². The molecule has 0 radical (unpaired) electrons. The molecular formula is C20H35NO2SSi. The molecule has 0 heterocycles. The predicted octanol–water partition coefficient (Wildman–Crippen LogP) is 6.50. The zero-order chi connectivity index (χ0) is 19.2. The molecule has 1 rings (SSSR count). The zero-order valence-electron chi connectivity index (χ0n) is 16.9. The van der Waals surface area contributed by atoms with Gasteiger partial charge in [0.2, 0.25) is 0 Å². The van der Waals surface area contributed by atoms with E-state index in [4.69, 9.17) is 5.11 Å². The highest BCUT2D eigenvalue weighted by molar-refractivity contribution is 8.29. The Labute approximate surface area is 158 Å². The second-order valence-electron chi connectivity index (χ2n) is 7.84. The lowest BCUT2D eigenvalue weighted by Crippen LogP contribution is -2.41. The fourth-order valence-corrected chi connectivity index (χ4v) is 13.4. The number of hydrogen-bond donors (Lipinski definition) is 1. The summed E-state index contributed by atoms with van der Waals surface area (Å²) in [7, 11) is 0.0695. The average molecular weight is 382 g/mol. The van der Waals surface area contributed by atoms with Gasteiger partial charge in [0.05, 0.1) is 0 Å². The van der Waals surface area contributed by atoms with Crippen molar-refractivity contribution < 1.29 is 9.90 Å². The van der Waals surface area contributed by atoms with Gasteiger partial charge in [-0.05, 0) is 41.1 Å². The van der Waals surface area contributed by atoms with Gasteiger partial charge in [-0.3, -0.25) is 0 Å². The van der Waals surface area contributed by atoms with Crippen molar-refractivity contribution in [1.82, 2.24) is 4.90 Å². The predicted molar refractivity (Wildman–Crippen MR) is 112 cm³/mol. The van der Waals surface area contributed by atoms with Crippen molar-refractivity contribution in [3.05, 3.63) is 29.8 Å². The van der Waals surface area contributed by atoms with Gasteiger partial charge in [0.25, 0.3) is 0 Å². The molecule has 142 valence electrons. The first-order valence-electron chi connectivity index (χ1n) is 9.33. The summed E-state index contributed by atoms with van der Waals surface area (Å²) in [6, 6.07) is 8.71. The van der Waals surface area contributed by atoms with E-state index in [1.54, 1.807) is 7.05 Å². The van der Waals surface area contributed by atoms with E-state index in [-0.39, 0.29) is 0 Å². The molecule has 1 N–H and O–H groups in total. The molecule has 0 aliphatic rings. The van der Waals surface area contributed by atoms with Gasteiger partial charge in [0.15, 0.2) is 0 Å². The van der Waals surface area contributed by atoms with Crippen LogP contribution in [0.25, 0.3) is 0 Å². The first-order valence-corrected chi connectivity index (χ1v) is 13.1. The second-order valence-corrected chi connectivity index (χ2v) is 16.4. The summed E-state index contributed by atoms with van der Waals surface area (Å²) in [5.41, 5.74) is 3.50. The summed E-state index contributed by atoms with van der Waals surface area (Å²) in [4.78, 5) is 13.7. The van der Waals surface area contributed by atoms with Gasteiger partial charge in [0, 0.05) is 18.5 Å². The van der Waals surface area contributed by atoms with Crippen molar-refractivity contribution >= 4 is 24.5 Å². The van der Waals surface area contributed by atoms with Gasteiger partial charge in [-0.15, -0.1) is 11.2 Å². The van der Waals surface area contributed by atoms with Crippen LogP contribution < -0.4 is 0 Å². The number of carboxylic acid groups (broad SMARTS) is 1. The third kappa shape index (κ3) is 5.51. The Hall–Kier alpha value is -0.943. The molecule has 1 aromatic rings. The first kappa shape index (κ1) is 22.1. The Morgan fingerprint density at radius 2 is 1.60 bits per heavy atom. The Balaban J connectivity index is 3.00. The van der Waals surface area contributed by atoms with Crippen LogP contribution in [-0.2, 0) is 6.42 Å². The summed E-state index contributed by atoms with van der Waals surface area (Å²) in [6.07, 6.45) is 0.938. The quantitative estimate of drug-likeness (QED) is 0.496. The van der Waals surface area contributed by atoms with Crippen LogP contribution in [0.1, 0.15) is 53.5 Å². The fraction of sp³-hybridized carbons (Fsp3) is 0.650. The van der Waals surface area contributed by atoms with E-state index in [0.29, 0.717) is 23.2 Å². The zero-order valence-corrected chi connectivity index (χ0v) is 18.7. The van der Waals surface area contributed by atoms with E-state index >= 15 is 0 Å². The van der Waals surface area contributed by atoms with E-state index in [2.05, 4.69) is 77.0 Å². The summed E-state index contributed by atoms with van der Waals surface area (Å²) >= 11 is 2.16. The van der Waals surface area contributed by atoms with Gasteiger partial charge in [-0.2, -0.15) is 0 Å². The summed E-state index contributed by atoms with van der Waals surface area (Å²) in [5, 5.41) is 9.00. The molecule has 0 saturated heterocycles. The smallest absolute Gasteiger partial charge is 0.407 e. The molecule has 0 spiro atoms. The summed E-state index contributed by atoms with van der Waals surface area (Å²) in [6.45, 7) is 14.9. The Morgan fingerprint density at radius 3 is 2.08 bits per heavy atom. The van der Waals surface area contributed by atoms with E-state index in [9.17, 15) is 4.79 Å². The Bertz CT molecular complexity index is 539. The Kier molecular flexibility index (Phi) is 8.55. The largest absolute Gasteiger partial charge is 0.465 e. The maximum Gasteiger partial charge on any atom is 0.407 e. The molecule has 0 aromatic heterocycles. The number of amides is 1. The van der Waals surface area contributed by atoms with Crippen LogP contribution in [0.2, 0.25) is 16.6 Å². The number of benzene rings is 1. The maximum atomic E-state index is 10.9. The highest BCUT2D eigenvalue weighted by atomic mass is 32.4. The fourth-order valence-electron chi connectivity index (χ4n) is 3.96. The standard InChI is InChI=1S/C20H35NO2SSi/c1-15(2)25(16(3)4,17(5)6)24-19-13-9-8-11-18(19)12-10-14-21(7)20(22)23/h8-9,11,13,15-17H,10,12,14H2,1-7H3,(H,22,23). The number of rotatable bonds is 9. The van der Waals surface area contributed by atoms with E-state index in [1.165, 1.54) is 15.4 Å². The molecule has 1 aromatic carbocycles. The van der Waals surface area contributed by atoms with Crippen molar-refractivity contribution in [2.75, 3.05) is 13.6 Å². The van der Waals surface area contributed by atoms with Crippen LogP contribution in [0.5, 0.6) is 0 Å². The molecule has 1 amide bonds. The molecule has 0 atom stereocenters. The number of hydrogen-bond acceptors (Lipinski definition) is 2. The monoisotopic (exact) mass is 381 g/mol. The van der Waals surface area contributed by atoms with Gasteiger partial charge < -0.3 is 10.0 Å². The molecule has 25 heavy (non-hydrogen) atoms. The Morgan fingerprint density at radius 1 is 1.08 bits per heavy atom. The maximum absolute atomic E-state index is 10.9. The molecule has 5 heteroatoms. The lowest BCUT2D eigenvalue weighted by molar-refractivity contribution is 0.155. The van der Waals surface area contributed by atoms with Crippen LogP contribution in [0.3, 0.4) is 0 Å². The van der Waals surface area contributed by atoms with Crippen molar-refractivity contribution in [1.29, 1.82) is 0 Å². The molecule has 3 nitrogen and oxygen atoms in total. The van der Waals surface area contributed by atoms with Gasteiger partial charge in [0.1, 0.15) is 7.22 Å². The van der Waals surface area contributed by atoms with Crippen LogP contribution in [0.4, 0.5) is 4.79 Å². The van der Waals surface area contributed by atoms with Crippen LogP contribution in [0.15, 0.2) is 29.2 Å². The highest BCUT2D eigenvalue weighted by Gasteiger charge is 2.44. The minimum Gasteiger partial charge on any atom is -0.465 e. The minimum atomic E-state index is -1.57. The summed E-state index contributed by atoms with van der Waals surface area (Å²) < 4.78 is 0. The van der Waals surface area contributed by atoms with Crippen LogP contribution in [-0.4, -0.2) is 36.9 Å². The molecule has 0 saturated carbocycles.